The van der Waals surface area contributed by atoms with Crippen molar-refractivity contribution in [2.75, 3.05) is 19.5 Å². The Morgan fingerprint density at radius 2 is 1.67 bits per heavy atom. The normalized spacial score (nSPS) is 11.1. The largest absolute Gasteiger partial charge is 0.497 e. The van der Waals surface area contributed by atoms with Crippen molar-refractivity contribution in [2.24, 2.45) is 0 Å². The molecule has 0 heterocycles. The van der Waals surface area contributed by atoms with Gasteiger partial charge in [-0.05, 0) is 48.0 Å². The lowest BCUT2D eigenvalue weighted by molar-refractivity contribution is -0.137. The number of ether oxygens (including phenoxy) is 2. The molecule has 9 heteroatoms. The van der Waals surface area contributed by atoms with Gasteiger partial charge in [-0.15, -0.1) is 0 Å². The van der Waals surface area contributed by atoms with Crippen molar-refractivity contribution in [1.29, 1.82) is 0 Å². The minimum Gasteiger partial charge on any atom is -0.497 e. The first-order chi connectivity index (χ1) is 15.7. The third-order valence-corrected chi connectivity index (χ3v) is 4.87. The van der Waals surface area contributed by atoms with Gasteiger partial charge in [-0.1, -0.05) is 18.2 Å². The number of methoxy groups -OCH3 is 2. The molecule has 3 aromatic rings. The van der Waals surface area contributed by atoms with Crippen LogP contribution in [0.4, 0.5) is 28.0 Å². The number of carbonyl (C=O) groups excluding carboxylic acids is 1. The van der Waals surface area contributed by atoms with Gasteiger partial charge in [-0.3, -0.25) is 0 Å². The molecular formula is C24H22F4N2O3. The fraction of sp³-hybridized carbons (Fsp3) is 0.208. The molecule has 0 aromatic heterocycles. The van der Waals surface area contributed by atoms with E-state index in [0.717, 1.165) is 12.1 Å². The summed E-state index contributed by atoms with van der Waals surface area (Å²) in [6.07, 6.45) is -4.54. The molecule has 0 bridgehead atoms. The van der Waals surface area contributed by atoms with Gasteiger partial charge in [0.1, 0.15) is 17.3 Å². The minimum absolute atomic E-state index is 0.000581. The minimum atomic E-state index is -4.54. The predicted octanol–water partition coefficient (Wildman–Crippen LogP) is 6.10. The highest BCUT2D eigenvalue weighted by atomic mass is 19.4. The van der Waals surface area contributed by atoms with Crippen LogP contribution in [-0.2, 0) is 19.3 Å². The maximum Gasteiger partial charge on any atom is 0.416 e. The molecule has 0 aliphatic carbocycles. The summed E-state index contributed by atoms with van der Waals surface area (Å²) in [5.74, 6) is 0.620. The van der Waals surface area contributed by atoms with E-state index in [0.29, 0.717) is 22.6 Å². The predicted molar refractivity (Wildman–Crippen MR) is 116 cm³/mol. The average Bonchev–Trinajstić information content (AvgIpc) is 2.79. The van der Waals surface area contributed by atoms with Crippen LogP contribution >= 0.6 is 0 Å². The maximum atomic E-state index is 13.3. The fourth-order valence-electron chi connectivity index (χ4n) is 3.17. The topological polar surface area (TPSA) is 50.8 Å². The Hall–Kier alpha value is -3.75. The average molecular weight is 462 g/mol. The SMILES string of the molecule is COc1ccc(CN(Cc2ccc(F)cc2)C(=O)Nc2cccc(C(F)(F)F)c2)c(OC)c1. The lowest BCUT2D eigenvalue weighted by atomic mass is 10.1. The summed E-state index contributed by atoms with van der Waals surface area (Å²) in [6.45, 7) is 0.162. The summed E-state index contributed by atoms with van der Waals surface area (Å²) >= 11 is 0. The third-order valence-electron chi connectivity index (χ3n) is 4.87. The number of amides is 2. The molecule has 0 unspecified atom stereocenters. The van der Waals surface area contributed by atoms with Crippen LogP contribution in [0, 0.1) is 5.82 Å². The lowest BCUT2D eigenvalue weighted by Gasteiger charge is -2.25. The van der Waals surface area contributed by atoms with Gasteiger partial charge in [0.25, 0.3) is 0 Å². The number of rotatable bonds is 7. The van der Waals surface area contributed by atoms with E-state index >= 15 is 0 Å². The second-order valence-electron chi connectivity index (χ2n) is 7.17. The summed E-state index contributed by atoms with van der Waals surface area (Å²) < 4.78 is 63.0. The number of hydrogen-bond acceptors (Lipinski definition) is 3. The quantitative estimate of drug-likeness (QED) is 0.432. The van der Waals surface area contributed by atoms with Gasteiger partial charge < -0.3 is 19.7 Å². The number of alkyl halides is 3. The van der Waals surface area contributed by atoms with Crippen LogP contribution in [0.1, 0.15) is 16.7 Å². The van der Waals surface area contributed by atoms with Crippen molar-refractivity contribution in [2.45, 2.75) is 19.3 Å². The Bertz CT molecular complexity index is 1100. The van der Waals surface area contributed by atoms with Gasteiger partial charge in [0.15, 0.2) is 0 Å². The first kappa shape index (κ1) is 23.9. The van der Waals surface area contributed by atoms with Gasteiger partial charge in [-0.2, -0.15) is 13.2 Å². The molecule has 174 valence electrons. The number of carbonyl (C=O) groups is 1. The van der Waals surface area contributed by atoms with Crippen LogP contribution in [0.5, 0.6) is 11.5 Å². The summed E-state index contributed by atoms with van der Waals surface area (Å²) in [7, 11) is 2.99. The van der Waals surface area contributed by atoms with Crippen LogP contribution in [0.25, 0.3) is 0 Å². The molecular weight excluding hydrogens is 440 g/mol. The highest BCUT2D eigenvalue weighted by Crippen LogP contribution is 2.31. The summed E-state index contributed by atoms with van der Waals surface area (Å²) in [5, 5.41) is 2.51. The van der Waals surface area contributed by atoms with E-state index in [1.165, 1.54) is 55.5 Å². The smallest absolute Gasteiger partial charge is 0.416 e. The molecule has 5 nitrogen and oxygen atoms in total. The van der Waals surface area contributed by atoms with E-state index in [-0.39, 0.29) is 18.8 Å². The Morgan fingerprint density at radius 3 is 2.30 bits per heavy atom. The molecule has 0 aliphatic rings. The van der Waals surface area contributed by atoms with Gasteiger partial charge >= 0.3 is 12.2 Å². The molecule has 2 amide bonds. The van der Waals surface area contributed by atoms with E-state index in [2.05, 4.69) is 5.32 Å². The molecule has 3 rings (SSSR count). The van der Waals surface area contributed by atoms with Gasteiger partial charge in [0.2, 0.25) is 0 Å². The van der Waals surface area contributed by atoms with Crippen molar-refractivity contribution in [3.63, 3.8) is 0 Å². The summed E-state index contributed by atoms with van der Waals surface area (Å²) in [5.41, 5.74) is 0.422. The van der Waals surface area contributed by atoms with Crippen LogP contribution < -0.4 is 14.8 Å². The summed E-state index contributed by atoms with van der Waals surface area (Å²) in [6, 6.07) is 14.5. The lowest BCUT2D eigenvalue weighted by Crippen LogP contribution is -2.34. The van der Waals surface area contributed by atoms with E-state index in [1.807, 2.05) is 0 Å². The number of anilines is 1. The van der Waals surface area contributed by atoms with Crippen LogP contribution in [0.3, 0.4) is 0 Å². The second kappa shape index (κ2) is 10.2. The van der Waals surface area contributed by atoms with Crippen molar-refractivity contribution in [3.05, 3.63) is 89.2 Å². The zero-order valence-electron chi connectivity index (χ0n) is 17.9. The molecule has 0 fully saturated rings. The van der Waals surface area contributed by atoms with Crippen molar-refractivity contribution < 1.29 is 31.8 Å². The monoisotopic (exact) mass is 462 g/mol. The number of halogens is 4. The number of nitrogens with one attached hydrogen (secondary N) is 1. The molecule has 0 saturated carbocycles. The van der Waals surface area contributed by atoms with E-state index in [9.17, 15) is 22.4 Å². The highest BCUT2D eigenvalue weighted by Gasteiger charge is 2.30. The Labute approximate surface area is 188 Å². The van der Waals surface area contributed by atoms with Crippen LogP contribution in [0.2, 0.25) is 0 Å². The van der Waals surface area contributed by atoms with E-state index in [1.54, 1.807) is 18.2 Å². The third kappa shape index (κ3) is 6.38. The van der Waals surface area contributed by atoms with Crippen molar-refractivity contribution >= 4 is 11.7 Å². The summed E-state index contributed by atoms with van der Waals surface area (Å²) in [4.78, 5) is 14.5. The Balaban J connectivity index is 1.88. The Morgan fingerprint density at radius 1 is 0.939 bits per heavy atom. The second-order valence-corrected chi connectivity index (χ2v) is 7.17. The first-order valence-corrected chi connectivity index (χ1v) is 9.88. The van der Waals surface area contributed by atoms with Gasteiger partial charge in [0, 0.05) is 23.9 Å². The number of nitrogens with zero attached hydrogens (tertiary/aromatic N) is 1. The van der Waals surface area contributed by atoms with Crippen LogP contribution in [0.15, 0.2) is 66.7 Å². The van der Waals surface area contributed by atoms with Crippen molar-refractivity contribution in [3.8, 4) is 11.5 Å². The molecule has 0 spiro atoms. The maximum absolute atomic E-state index is 13.3. The molecule has 3 aromatic carbocycles. The first-order valence-electron chi connectivity index (χ1n) is 9.88. The molecule has 1 N–H and O–H groups in total. The Kier molecular flexibility index (Phi) is 7.42. The molecule has 0 atom stereocenters. The number of hydrogen-bond donors (Lipinski definition) is 1. The standard InChI is InChI=1S/C24H22F4N2O3/c1-32-21-11-8-17(22(13-21)33-2)15-30(14-16-6-9-19(25)10-7-16)23(31)29-20-5-3-4-18(12-20)24(26,27)28/h3-13H,14-15H2,1-2H3,(H,29,31). The molecule has 33 heavy (non-hydrogen) atoms. The van der Waals surface area contributed by atoms with Gasteiger partial charge in [0.05, 0.1) is 26.3 Å². The van der Waals surface area contributed by atoms with E-state index in [4.69, 9.17) is 9.47 Å². The number of benzene rings is 3. The number of urea groups is 1. The fourth-order valence-corrected chi connectivity index (χ4v) is 3.17. The van der Waals surface area contributed by atoms with Crippen molar-refractivity contribution in [1.82, 2.24) is 4.90 Å². The highest BCUT2D eigenvalue weighted by molar-refractivity contribution is 5.89. The molecule has 0 saturated heterocycles. The van der Waals surface area contributed by atoms with Crippen LogP contribution in [-0.4, -0.2) is 25.2 Å². The molecule has 0 radical (unpaired) electrons. The molecule has 0 aliphatic heterocycles. The van der Waals surface area contributed by atoms with E-state index < -0.39 is 23.6 Å². The zero-order chi connectivity index (χ0) is 24.0. The zero-order valence-corrected chi connectivity index (χ0v) is 17.9. The van der Waals surface area contributed by atoms with Gasteiger partial charge in [-0.25, -0.2) is 9.18 Å².